The molecule has 0 bridgehead atoms. The van der Waals surface area contributed by atoms with Crippen molar-refractivity contribution in [2.24, 2.45) is 5.92 Å². The summed E-state index contributed by atoms with van der Waals surface area (Å²) in [6.07, 6.45) is 2.44. The van der Waals surface area contributed by atoms with Gasteiger partial charge in [-0.2, -0.15) is 0 Å². The number of rotatable bonds is 7. The Balaban J connectivity index is 2.43. The minimum atomic E-state index is 0.645. The molecule has 0 aliphatic carbocycles. The molecule has 1 rings (SSSR count). The van der Waals surface area contributed by atoms with E-state index in [0.717, 1.165) is 6.61 Å². The van der Waals surface area contributed by atoms with Gasteiger partial charge in [0.25, 0.3) is 0 Å². The largest absolute Gasteiger partial charge is 0.384 e. The van der Waals surface area contributed by atoms with Crippen LogP contribution in [0.4, 0.5) is 0 Å². The maximum atomic E-state index is 5.19. The lowest BCUT2D eigenvalue weighted by atomic mass is 10.1. The Kier molecular flexibility index (Phi) is 6.58. The van der Waals surface area contributed by atoms with Crippen LogP contribution in [0.3, 0.4) is 0 Å². The van der Waals surface area contributed by atoms with E-state index in [1.54, 1.807) is 7.11 Å². The summed E-state index contributed by atoms with van der Waals surface area (Å²) < 4.78 is 5.19. The topological polar surface area (TPSA) is 9.23 Å². The van der Waals surface area contributed by atoms with Gasteiger partial charge in [-0.15, -0.1) is 11.8 Å². The summed E-state index contributed by atoms with van der Waals surface area (Å²) >= 11 is 1.99. The smallest absolute Gasteiger partial charge is 0.0488 e. The van der Waals surface area contributed by atoms with E-state index < -0.39 is 0 Å². The van der Waals surface area contributed by atoms with Crippen molar-refractivity contribution in [2.45, 2.75) is 36.8 Å². The summed E-state index contributed by atoms with van der Waals surface area (Å²) in [5.41, 5.74) is 0. The fraction of sp³-hybridized carbons (Fsp3) is 0.571. The highest BCUT2D eigenvalue weighted by molar-refractivity contribution is 8.00. The van der Waals surface area contributed by atoms with E-state index in [4.69, 9.17) is 4.74 Å². The average Bonchev–Trinajstić information content (AvgIpc) is 2.30. The first-order valence-corrected chi connectivity index (χ1v) is 6.84. The summed E-state index contributed by atoms with van der Waals surface area (Å²) in [5, 5.41) is 0.701. The maximum Gasteiger partial charge on any atom is 0.0488 e. The van der Waals surface area contributed by atoms with Crippen molar-refractivity contribution in [3.8, 4) is 0 Å². The second kappa shape index (κ2) is 7.75. The van der Waals surface area contributed by atoms with Gasteiger partial charge >= 0.3 is 0 Å². The van der Waals surface area contributed by atoms with E-state index in [-0.39, 0.29) is 0 Å². The molecular formula is C14H22OS. The minimum Gasteiger partial charge on any atom is -0.384 e. The van der Waals surface area contributed by atoms with E-state index in [0.29, 0.717) is 11.2 Å². The van der Waals surface area contributed by atoms with Crippen molar-refractivity contribution in [1.29, 1.82) is 0 Å². The SMILES string of the molecule is CCC(CC(C)COC)Sc1ccccc1. The quantitative estimate of drug-likeness (QED) is 0.657. The Morgan fingerprint density at radius 1 is 1.25 bits per heavy atom. The van der Waals surface area contributed by atoms with Crippen LogP contribution in [0.1, 0.15) is 26.7 Å². The standard InChI is InChI=1S/C14H22OS/c1-4-13(10-12(2)11-15-3)16-14-8-6-5-7-9-14/h5-9,12-13H,4,10-11H2,1-3H3. The molecule has 0 amide bonds. The number of benzene rings is 1. The van der Waals surface area contributed by atoms with Crippen molar-refractivity contribution in [3.63, 3.8) is 0 Å². The molecule has 0 saturated carbocycles. The Labute approximate surface area is 104 Å². The zero-order valence-corrected chi connectivity index (χ0v) is 11.3. The molecule has 0 aliphatic heterocycles. The first-order valence-electron chi connectivity index (χ1n) is 5.96. The molecule has 0 radical (unpaired) electrons. The van der Waals surface area contributed by atoms with Gasteiger partial charge in [-0.3, -0.25) is 0 Å². The molecule has 2 heteroatoms. The van der Waals surface area contributed by atoms with Crippen LogP contribution in [0, 0.1) is 5.92 Å². The number of hydrogen-bond donors (Lipinski definition) is 0. The molecule has 0 N–H and O–H groups in total. The molecule has 90 valence electrons. The Morgan fingerprint density at radius 3 is 2.50 bits per heavy atom. The van der Waals surface area contributed by atoms with Gasteiger partial charge in [0.05, 0.1) is 0 Å². The summed E-state index contributed by atoms with van der Waals surface area (Å²) in [5.74, 6) is 0.645. The maximum absolute atomic E-state index is 5.19. The van der Waals surface area contributed by atoms with Gasteiger partial charge in [0, 0.05) is 23.9 Å². The van der Waals surface area contributed by atoms with Gasteiger partial charge in [0.2, 0.25) is 0 Å². The molecule has 0 spiro atoms. The zero-order valence-electron chi connectivity index (χ0n) is 10.5. The van der Waals surface area contributed by atoms with Crippen molar-refractivity contribution >= 4 is 11.8 Å². The highest BCUT2D eigenvalue weighted by atomic mass is 32.2. The summed E-state index contributed by atoms with van der Waals surface area (Å²) in [6.45, 7) is 5.39. The van der Waals surface area contributed by atoms with Crippen LogP contribution < -0.4 is 0 Å². The molecule has 0 aromatic heterocycles. The average molecular weight is 238 g/mol. The molecule has 1 aromatic rings. The third kappa shape index (κ3) is 5.04. The highest BCUT2D eigenvalue weighted by Gasteiger charge is 2.12. The lowest BCUT2D eigenvalue weighted by molar-refractivity contribution is 0.155. The molecule has 2 unspecified atom stereocenters. The van der Waals surface area contributed by atoms with Gasteiger partial charge in [0.1, 0.15) is 0 Å². The Hall–Kier alpha value is -0.470. The molecular weight excluding hydrogens is 216 g/mol. The van der Waals surface area contributed by atoms with Crippen LogP contribution >= 0.6 is 11.8 Å². The van der Waals surface area contributed by atoms with Crippen LogP contribution in [-0.2, 0) is 4.74 Å². The Morgan fingerprint density at radius 2 is 1.94 bits per heavy atom. The lowest BCUT2D eigenvalue weighted by Crippen LogP contribution is -2.11. The van der Waals surface area contributed by atoms with Gasteiger partial charge < -0.3 is 4.74 Å². The fourth-order valence-electron chi connectivity index (χ4n) is 1.79. The van der Waals surface area contributed by atoms with Gasteiger partial charge in [-0.05, 0) is 30.9 Å². The summed E-state index contributed by atoms with van der Waals surface area (Å²) in [6, 6.07) is 10.7. The first kappa shape index (κ1) is 13.6. The molecule has 0 aliphatic rings. The second-order valence-corrected chi connectivity index (χ2v) is 5.63. The molecule has 0 heterocycles. The normalized spacial score (nSPS) is 14.7. The molecule has 16 heavy (non-hydrogen) atoms. The fourth-order valence-corrected chi connectivity index (χ4v) is 3.08. The summed E-state index contributed by atoms with van der Waals surface area (Å²) in [4.78, 5) is 1.37. The van der Waals surface area contributed by atoms with E-state index in [2.05, 4.69) is 44.2 Å². The molecule has 1 nitrogen and oxygen atoms in total. The van der Waals surface area contributed by atoms with Crippen molar-refractivity contribution in [1.82, 2.24) is 0 Å². The second-order valence-electron chi connectivity index (χ2n) is 4.26. The number of thioether (sulfide) groups is 1. The van der Waals surface area contributed by atoms with E-state index >= 15 is 0 Å². The van der Waals surface area contributed by atoms with Crippen LogP contribution in [0.5, 0.6) is 0 Å². The van der Waals surface area contributed by atoms with E-state index in [1.807, 2.05) is 11.8 Å². The van der Waals surface area contributed by atoms with Gasteiger partial charge in [-0.1, -0.05) is 32.0 Å². The molecule has 0 fully saturated rings. The van der Waals surface area contributed by atoms with Gasteiger partial charge in [-0.25, -0.2) is 0 Å². The number of ether oxygens (including phenoxy) is 1. The van der Waals surface area contributed by atoms with Crippen LogP contribution in [0.25, 0.3) is 0 Å². The predicted molar refractivity (Wildman–Crippen MR) is 72.0 cm³/mol. The first-order chi connectivity index (χ1) is 7.76. The lowest BCUT2D eigenvalue weighted by Gasteiger charge is -2.18. The third-order valence-corrected chi connectivity index (χ3v) is 4.02. The van der Waals surface area contributed by atoms with Crippen LogP contribution in [-0.4, -0.2) is 19.0 Å². The molecule has 2 atom stereocenters. The molecule has 1 aromatic carbocycles. The molecule has 0 saturated heterocycles. The predicted octanol–water partition coefficient (Wildman–Crippen LogP) is 4.23. The van der Waals surface area contributed by atoms with Crippen molar-refractivity contribution in [2.75, 3.05) is 13.7 Å². The van der Waals surface area contributed by atoms with E-state index in [1.165, 1.54) is 17.7 Å². The monoisotopic (exact) mass is 238 g/mol. The van der Waals surface area contributed by atoms with Crippen LogP contribution in [0.15, 0.2) is 35.2 Å². The number of methoxy groups -OCH3 is 1. The highest BCUT2D eigenvalue weighted by Crippen LogP contribution is 2.29. The van der Waals surface area contributed by atoms with Crippen LogP contribution in [0.2, 0.25) is 0 Å². The third-order valence-electron chi connectivity index (χ3n) is 2.62. The van der Waals surface area contributed by atoms with Crippen molar-refractivity contribution < 1.29 is 4.74 Å². The number of hydrogen-bond acceptors (Lipinski definition) is 2. The zero-order chi connectivity index (χ0) is 11.8. The minimum absolute atomic E-state index is 0.645. The van der Waals surface area contributed by atoms with Gasteiger partial charge in [0.15, 0.2) is 0 Å². The summed E-state index contributed by atoms with van der Waals surface area (Å²) in [7, 11) is 1.78. The Bertz CT molecular complexity index is 273. The van der Waals surface area contributed by atoms with Crippen molar-refractivity contribution in [3.05, 3.63) is 30.3 Å². The van der Waals surface area contributed by atoms with E-state index in [9.17, 15) is 0 Å².